The van der Waals surface area contributed by atoms with Crippen LogP contribution in [-0.2, 0) is 19.2 Å². The zero-order valence-electron chi connectivity index (χ0n) is 20.5. The Balaban J connectivity index is 0.00000126. The minimum atomic E-state index is -5.19. The van der Waals surface area contributed by atoms with Gasteiger partial charge < -0.3 is 29.2 Å². The Morgan fingerprint density at radius 3 is 1.97 bits per heavy atom. The molecule has 0 unspecified atom stereocenters. The number of carboxylic acid groups (broad SMARTS) is 1. The van der Waals surface area contributed by atoms with Crippen LogP contribution in [0.4, 0.5) is 13.2 Å². The molecule has 0 amide bonds. The summed E-state index contributed by atoms with van der Waals surface area (Å²) in [7, 11) is 6.20. The Morgan fingerprint density at radius 1 is 1.12 bits per heavy atom. The van der Waals surface area contributed by atoms with Gasteiger partial charge in [0.25, 0.3) is 0 Å². The molecule has 0 N–H and O–H groups in total. The molecule has 194 valence electrons. The molecule has 10 nitrogen and oxygen atoms in total. The molecule has 1 fully saturated rings. The number of carboxylic acids is 1. The number of hydrogen-bond donors (Lipinski definition) is 0. The summed E-state index contributed by atoms with van der Waals surface area (Å²) in [5.74, 6) is -3.20. The summed E-state index contributed by atoms with van der Waals surface area (Å²) >= 11 is 0. The fourth-order valence-electron chi connectivity index (χ4n) is 2.94. The van der Waals surface area contributed by atoms with Crippen molar-refractivity contribution in [1.29, 1.82) is 0 Å². The summed E-state index contributed by atoms with van der Waals surface area (Å²) in [6.07, 6.45) is -2.50. The van der Waals surface area contributed by atoms with E-state index >= 15 is 0 Å². The molecule has 1 rings (SSSR count). The minimum Gasteiger partial charge on any atom is -0.569 e. The lowest BCUT2D eigenvalue weighted by Gasteiger charge is -2.30. The quantitative estimate of drug-likeness (QED) is 0.169. The van der Waals surface area contributed by atoms with Crippen molar-refractivity contribution in [1.82, 2.24) is 5.01 Å². The molecule has 0 aliphatic heterocycles. The van der Waals surface area contributed by atoms with E-state index < -0.39 is 12.1 Å². The zero-order chi connectivity index (χ0) is 26.0. The average molecular weight is 487 g/mol. The first-order chi connectivity index (χ1) is 14.9. The van der Waals surface area contributed by atoms with Crippen LogP contribution in [0.15, 0.2) is 5.28 Å². The van der Waals surface area contributed by atoms with Gasteiger partial charge in [-0.25, -0.2) is 0 Å². The van der Waals surface area contributed by atoms with E-state index in [1.54, 1.807) is 5.01 Å². The third kappa shape index (κ3) is 13.1. The monoisotopic (exact) mass is 486 g/mol. The highest BCUT2D eigenvalue weighted by atomic mass is 19.4. The van der Waals surface area contributed by atoms with Gasteiger partial charge >= 0.3 is 12.1 Å². The molecular weight excluding hydrogens is 449 g/mol. The van der Waals surface area contributed by atoms with Gasteiger partial charge in [-0.1, -0.05) is 0 Å². The molecule has 0 heterocycles. The summed E-state index contributed by atoms with van der Waals surface area (Å²) in [6.45, 7) is 9.54. The zero-order valence-corrected chi connectivity index (χ0v) is 20.5. The third-order valence-corrected chi connectivity index (χ3v) is 4.79. The number of ether oxygens (including phenoxy) is 1. The molecule has 0 bridgehead atoms. The standard InChI is InChI=1S/C18H37N4O4.C2HF3O2/c1-8-20(18(2,3)4)21(24)19-26-16-11-9-15(10-12-16)17(23)25-14-13-22(5,6)7;3-2(4,5)1(6)7/h15-16H,8-14H2,1-7H3;(H,6,7)/q+1;/p-1/b21-19-;. The van der Waals surface area contributed by atoms with Crippen LogP contribution in [0.1, 0.15) is 53.4 Å². The van der Waals surface area contributed by atoms with Crippen LogP contribution in [0.25, 0.3) is 0 Å². The maximum atomic E-state index is 12.1. The van der Waals surface area contributed by atoms with E-state index in [4.69, 9.17) is 19.5 Å². The molecule has 1 aliphatic carbocycles. The molecular formula is C20H37F3N4O6. The van der Waals surface area contributed by atoms with Crippen molar-refractivity contribution in [3.8, 4) is 0 Å². The molecule has 0 aromatic heterocycles. The average Bonchev–Trinajstić information content (AvgIpc) is 2.64. The Hall–Kier alpha value is -2.31. The van der Waals surface area contributed by atoms with Crippen molar-refractivity contribution in [2.24, 2.45) is 11.2 Å². The number of nitrogens with zero attached hydrogens (tertiary/aromatic N) is 4. The van der Waals surface area contributed by atoms with Gasteiger partial charge in [0, 0.05) is 0 Å². The second kappa shape index (κ2) is 12.8. The Kier molecular flexibility index (Phi) is 11.9. The maximum Gasteiger partial charge on any atom is 0.430 e. The Morgan fingerprint density at radius 2 is 1.61 bits per heavy atom. The van der Waals surface area contributed by atoms with E-state index in [2.05, 4.69) is 26.4 Å². The van der Waals surface area contributed by atoms with Gasteiger partial charge in [-0.15, -0.1) is 5.01 Å². The number of hydrazine groups is 1. The van der Waals surface area contributed by atoms with Crippen LogP contribution in [0.3, 0.4) is 0 Å². The van der Waals surface area contributed by atoms with E-state index in [1.807, 2.05) is 27.7 Å². The van der Waals surface area contributed by atoms with Crippen molar-refractivity contribution in [2.45, 2.75) is 71.2 Å². The highest BCUT2D eigenvalue weighted by Crippen LogP contribution is 2.27. The normalized spacial score (nSPS) is 19.8. The lowest BCUT2D eigenvalue weighted by Crippen LogP contribution is -2.45. The first-order valence-corrected chi connectivity index (χ1v) is 10.7. The van der Waals surface area contributed by atoms with E-state index in [1.165, 1.54) is 0 Å². The van der Waals surface area contributed by atoms with Crippen LogP contribution in [0, 0.1) is 11.1 Å². The molecule has 0 spiro atoms. The molecule has 1 aliphatic rings. The third-order valence-electron chi connectivity index (χ3n) is 4.79. The molecule has 33 heavy (non-hydrogen) atoms. The first kappa shape index (κ1) is 30.7. The van der Waals surface area contributed by atoms with Crippen LogP contribution in [0.5, 0.6) is 0 Å². The van der Waals surface area contributed by atoms with Crippen LogP contribution >= 0.6 is 0 Å². The summed E-state index contributed by atoms with van der Waals surface area (Å²) in [6, 6.07) is 0. The maximum absolute atomic E-state index is 12.1. The Bertz CT molecular complexity index is 652. The lowest BCUT2D eigenvalue weighted by atomic mass is 9.87. The van der Waals surface area contributed by atoms with Gasteiger partial charge in [-0.3, -0.25) is 4.79 Å². The lowest BCUT2D eigenvalue weighted by molar-refractivity contribution is -0.870. The summed E-state index contributed by atoms with van der Waals surface area (Å²) in [5, 5.41) is 26.2. The second-order valence-electron chi connectivity index (χ2n) is 9.77. The molecule has 1 saturated carbocycles. The van der Waals surface area contributed by atoms with E-state index in [-0.39, 0.29) is 23.5 Å². The number of rotatable bonds is 8. The fraction of sp³-hybridized carbons (Fsp3) is 0.900. The summed E-state index contributed by atoms with van der Waals surface area (Å²) in [5.41, 5.74) is -0.323. The van der Waals surface area contributed by atoms with E-state index in [0.717, 1.165) is 11.0 Å². The minimum absolute atomic E-state index is 0.0765. The molecule has 0 saturated heterocycles. The van der Waals surface area contributed by atoms with Gasteiger partial charge in [0.05, 0.1) is 44.1 Å². The molecule has 13 heteroatoms. The Labute approximate surface area is 193 Å². The number of hydrogen-bond acceptors (Lipinski definition) is 7. The van der Waals surface area contributed by atoms with Crippen molar-refractivity contribution in [2.75, 3.05) is 40.8 Å². The number of aliphatic carboxylic acids is 1. The van der Waals surface area contributed by atoms with Gasteiger partial charge in [-0.2, -0.15) is 13.2 Å². The van der Waals surface area contributed by atoms with E-state index in [0.29, 0.717) is 43.8 Å². The van der Waals surface area contributed by atoms with Crippen molar-refractivity contribution in [3.63, 3.8) is 0 Å². The number of likely N-dealkylation sites (N-methyl/N-ethyl adjacent to an activating group) is 1. The first-order valence-electron chi connectivity index (χ1n) is 10.7. The van der Waals surface area contributed by atoms with Crippen LogP contribution in [-0.4, -0.2) is 85.1 Å². The van der Waals surface area contributed by atoms with E-state index in [9.17, 15) is 23.2 Å². The molecule has 0 atom stereocenters. The van der Waals surface area contributed by atoms with Gasteiger partial charge in [0.2, 0.25) is 5.28 Å². The number of alkyl halides is 3. The number of halogens is 3. The number of quaternary nitrogens is 1. The van der Waals surface area contributed by atoms with Crippen molar-refractivity contribution in [3.05, 3.63) is 5.21 Å². The highest BCUT2D eigenvalue weighted by Gasteiger charge is 2.31. The molecule has 0 aromatic rings. The predicted octanol–water partition coefficient (Wildman–Crippen LogP) is 2.02. The van der Waals surface area contributed by atoms with Crippen molar-refractivity contribution >= 4 is 11.9 Å². The van der Waals surface area contributed by atoms with Gasteiger partial charge in [-0.05, 0) is 53.4 Å². The SMILES string of the molecule is CCN(/[N+]([O-])=N/OC1CCC(C(=O)OCC[N+](C)(C)C)CC1)C(C)(C)C.O=C([O-])C(F)(F)F. The number of carbonyl (C=O) groups excluding carboxylic acids is 2. The van der Waals surface area contributed by atoms with Crippen LogP contribution < -0.4 is 5.11 Å². The number of carbonyl (C=O) groups is 2. The fourth-order valence-corrected chi connectivity index (χ4v) is 2.94. The smallest absolute Gasteiger partial charge is 0.430 e. The second-order valence-corrected chi connectivity index (χ2v) is 9.77. The van der Waals surface area contributed by atoms with Crippen LogP contribution in [0.2, 0.25) is 0 Å². The largest absolute Gasteiger partial charge is 0.569 e. The topological polar surface area (TPSA) is 117 Å². The molecule has 0 radical (unpaired) electrons. The summed E-state index contributed by atoms with van der Waals surface area (Å²) in [4.78, 5) is 26.9. The molecule has 0 aromatic carbocycles. The highest BCUT2D eigenvalue weighted by molar-refractivity contribution is 5.72. The van der Waals surface area contributed by atoms with Crippen molar-refractivity contribution < 1.29 is 46.9 Å². The predicted molar refractivity (Wildman–Crippen MR) is 110 cm³/mol. The van der Waals surface area contributed by atoms with Gasteiger partial charge in [0.1, 0.15) is 25.2 Å². The number of esters is 1. The summed E-state index contributed by atoms with van der Waals surface area (Å²) < 4.78 is 37.7. The van der Waals surface area contributed by atoms with Gasteiger partial charge in [0.15, 0.2) is 0 Å².